The topological polar surface area (TPSA) is 49.0 Å². The van der Waals surface area contributed by atoms with E-state index in [0.717, 1.165) is 55.8 Å². The van der Waals surface area contributed by atoms with Crippen LogP contribution < -0.4 is 5.56 Å². The Kier molecular flexibility index (Phi) is 5.16. The zero-order valence-corrected chi connectivity index (χ0v) is 15.7. The van der Waals surface area contributed by atoms with Crippen LogP contribution in [0.2, 0.25) is 0 Å². The fraction of sp³-hybridized carbons (Fsp3) is 0.304. The Bertz CT molecular complexity index is 1020. The van der Waals surface area contributed by atoms with Gasteiger partial charge in [0.05, 0.1) is 10.9 Å². The van der Waals surface area contributed by atoms with Gasteiger partial charge in [-0.2, -0.15) is 0 Å². The second-order valence-corrected chi connectivity index (χ2v) is 7.23. The van der Waals surface area contributed by atoms with Gasteiger partial charge in [-0.3, -0.25) is 9.69 Å². The first-order valence-electron chi connectivity index (χ1n) is 9.66. The van der Waals surface area contributed by atoms with Crippen LogP contribution in [0.3, 0.4) is 0 Å². The first-order valence-corrected chi connectivity index (χ1v) is 9.66. The van der Waals surface area contributed by atoms with Gasteiger partial charge >= 0.3 is 0 Å². The summed E-state index contributed by atoms with van der Waals surface area (Å²) in [7, 11) is 0. The summed E-state index contributed by atoms with van der Waals surface area (Å²) in [5.74, 6) is 0.791. The average molecular weight is 359 g/mol. The summed E-state index contributed by atoms with van der Waals surface area (Å²) in [6.07, 6.45) is 5.23. The summed E-state index contributed by atoms with van der Waals surface area (Å²) < 4.78 is 0. The van der Waals surface area contributed by atoms with Crippen molar-refractivity contribution in [2.75, 3.05) is 19.6 Å². The molecule has 4 rings (SSSR count). The molecule has 2 aromatic carbocycles. The minimum absolute atomic E-state index is 0.0351. The van der Waals surface area contributed by atoms with Crippen LogP contribution in [0.1, 0.15) is 29.8 Å². The largest absolute Gasteiger partial charge is 0.310 e. The van der Waals surface area contributed by atoms with E-state index in [1.54, 1.807) is 0 Å². The number of nitrogens with zero attached hydrogens (tertiary/aromatic N) is 2. The fourth-order valence-corrected chi connectivity index (χ4v) is 3.77. The number of aryl methyl sites for hydroxylation is 2. The average Bonchev–Trinajstić information content (AvgIpc) is 2.70. The molecule has 0 saturated heterocycles. The Hall–Kier alpha value is -2.72. The van der Waals surface area contributed by atoms with Crippen LogP contribution in [0.25, 0.3) is 16.5 Å². The molecule has 1 aliphatic heterocycles. The Morgan fingerprint density at radius 2 is 1.96 bits per heavy atom. The molecule has 0 aliphatic carbocycles. The van der Waals surface area contributed by atoms with E-state index in [9.17, 15) is 4.79 Å². The van der Waals surface area contributed by atoms with Gasteiger partial charge in [0.2, 0.25) is 0 Å². The number of nitrogens with one attached hydrogen (secondary N) is 1. The van der Waals surface area contributed by atoms with Crippen LogP contribution in [-0.2, 0) is 6.42 Å². The monoisotopic (exact) mass is 359 g/mol. The minimum Gasteiger partial charge on any atom is -0.310 e. The number of benzene rings is 2. The maximum Gasteiger partial charge on any atom is 0.258 e. The summed E-state index contributed by atoms with van der Waals surface area (Å²) >= 11 is 0. The number of aromatic amines is 1. The molecule has 3 aromatic rings. The minimum atomic E-state index is -0.0351. The second-order valence-electron chi connectivity index (χ2n) is 7.23. The SMILES string of the molecule is Cc1cccc2c(=O)[nH]c(CCCN3CC=C(c4ccccc4)CC3)nc12. The van der Waals surface area contributed by atoms with Gasteiger partial charge in [-0.25, -0.2) is 4.98 Å². The van der Waals surface area contributed by atoms with Crippen molar-refractivity contribution in [2.24, 2.45) is 0 Å². The number of H-pyrrole nitrogens is 1. The van der Waals surface area contributed by atoms with Gasteiger partial charge in [-0.05, 0) is 49.1 Å². The zero-order chi connectivity index (χ0) is 18.6. The van der Waals surface area contributed by atoms with Crippen LogP contribution in [0.15, 0.2) is 59.4 Å². The van der Waals surface area contributed by atoms with Crippen molar-refractivity contribution in [3.05, 3.63) is 81.9 Å². The van der Waals surface area contributed by atoms with Crippen molar-refractivity contribution < 1.29 is 0 Å². The first-order chi connectivity index (χ1) is 13.2. The smallest absolute Gasteiger partial charge is 0.258 e. The third-order valence-electron chi connectivity index (χ3n) is 5.31. The molecule has 0 amide bonds. The highest BCUT2D eigenvalue weighted by atomic mass is 16.1. The van der Waals surface area contributed by atoms with Gasteiger partial charge in [-0.1, -0.05) is 48.5 Å². The summed E-state index contributed by atoms with van der Waals surface area (Å²) in [6.45, 7) is 5.10. The van der Waals surface area contributed by atoms with Crippen molar-refractivity contribution in [3.8, 4) is 0 Å². The quantitative estimate of drug-likeness (QED) is 0.750. The molecule has 4 nitrogen and oxygen atoms in total. The van der Waals surface area contributed by atoms with E-state index in [1.165, 1.54) is 11.1 Å². The molecule has 27 heavy (non-hydrogen) atoms. The third-order valence-corrected chi connectivity index (χ3v) is 5.31. The number of hydrogen-bond acceptors (Lipinski definition) is 3. The van der Waals surface area contributed by atoms with Crippen LogP contribution in [0, 0.1) is 6.92 Å². The third kappa shape index (κ3) is 4.01. The Labute approximate surface area is 159 Å². The van der Waals surface area contributed by atoms with E-state index >= 15 is 0 Å². The molecule has 2 heterocycles. The van der Waals surface area contributed by atoms with Crippen LogP contribution in [0.4, 0.5) is 0 Å². The Balaban J connectivity index is 1.36. The Morgan fingerprint density at radius 1 is 1.11 bits per heavy atom. The number of para-hydroxylation sites is 1. The molecule has 1 aromatic heterocycles. The van der Waals surface area contributed by atoms with Gasteiger partial charge in [0.25, 0.3) is 5.56 Å². The molecule has 0 saturated carbocycles. The number of hydrogen-bond donors (Lipinski definition) is 1. The summed E-state index contributed by atoms with van der Waals surface area (Å²) in [4.78, 5) is 22.4. The molecule has 4 heteroatoms. The normalized spacial score (nSPS) is 15.1. The highest BCUT2D eigenvalue weighted by molar-refractivity contribution is 5.80. The van der Waals surface area contributed by atoms with Gasteiger partial charge in [0.1, 0.15) is 5.82 Å². The van der Waals surface area contributed by atoms with E-state index in [1.807, 2.05) is 25.1 Å². The summed E-state index contributed by atoms with van der Waals surface area (Å²) in [6, 6.07) is 16.4. The molecule has 0 spiro atoms. The highest BCUT2D eigenvalue weighted by Crippen LogP contribution is 2.22. The van der Waals surface area contributed by atoms with Crippen molar-refractivity contribution in [1.29, 1.82) is 0 Å². The van der Waals surface area contributed by atoms with Gasteiger partial charge in [0, 0.05) is 19.5 Å². The molecule has 0 fully saturated rings. The van der Waals surface area contributed by atoms with E-state index in [2.05, 4.69) is 51.3 Å². The van der Waals surface area contributed by atoms with Crippen molar-refractivity contribution >= 4 is 16.5 Å². The van der Waals surface area contributed by atoms with E-state index in [0.29, 0.717) is 5.39 Å². The van der Waals surface area contributed by atoms with Gasteiger partial charge in [0.15, 0.2) is 0 Å². The first kappa shape index (κ1) is 17.7. The van der Waals surface area contributed by atoms with Gasteiger partial charge < -0.3 is 4.98 Å². The zero-order valence-electron chi connectivity index (χ0n) is 15.7. The maximum atomic E-state index is 12.3. The second kappa shape index (κ2) is 7.89. The standard InChI is InChI=1S/C23H25N3O/c1-17-7-5-10-20-22(17)24-21(25-23(20)27)11-6-14-26-15-12-19(13-16-26)18-8-3-2-4-9-18/h2-5,7-10,12H,6,11,13-16H2,1H3,(H,24,25,27). The lowest BCUT2D eigenvalue weighted by atomic mass is 9.99. The molecule has 0 bridgehead atoms. The molecule has 0 unspecified atom stereocenters. The van der Waals surface area contributed by atoms with Crippen LogP contribution >= 0.6 is 0 Å². The molecule has 0 atom stereocenters. The highest BCUT2D eigenvalue weighted by Gasteiger charge is 2.13. The fourth-order valence-electron chi connectivity index (χ4n) is 3.77. The van der Waals surface area contributed by atoms with Crippen molar-refractivity contribution in [3.63, 3.8) is 0 Å². The lowest BCUT2D eigenvalue weighted by Gasteiger charge is -2.26. The number of fused-ring (bicyclic) bond motifs is 1. The molecule has 1 N–H and O–H groups in total. The van der Waals surface area contributed by atoms with Gasteiger partial charge in [-0.15, -0.1) is 0 Å². The van der Waals surface area contributed by atoms with Crippen molar-refractivity contribution in [1.82, 2.24) is 14.9 Å². The molecule has 138 valence electrons. The number of rotatable bonds is 5. The van der Waals surface area contributed by atoms with Crippen LogP contribution in [-0.4, -0.2) is 34.5 Å². The predicted molar refractivity (Wildman–Crippen MR) is 111 cm³/mol. The van der Waals surface area contributed by atoms with E-state index < -0.39 is 0 Å². The molecule has 1 aliphatic rings. The maximum absolute atomic E-state index is 12.3. The predicted octanol–water partition coefficient (Wildman–Crippen LogP) is 3.95. The molecular weight excluding hydrogens is 334 g/mol. The van der Waals surface area contributed by atoms with E-state index in [-0.39, 0.29) is 5.56 Å². The number of aromatic nitrogens is 2. The molecular formula is C23H25N3O. The summed E-state index contributed by atoms with van der Waals surface area (Å²) in [5.41, 5.74) is 4.62. The Morgan fingerprint density at radius 3 is 2.74 bits per heavy atom. The van der Waals surface area contributed by atoms with Crippen molar-refractivity contribution in [2.45, 2.75) is 26.2 Å². The lowest BCUT2D eigenvalue weighted by Crippen LogP contribution is -2.30. The summed E-state index contributed by atoms with van der Waals surface area (Å²) in [5, 5.41) is 0.674. The van der Waals surface area contributed by atoms with Crippen LogP contribution in [0.5, 0.6) is 0 Å². The lowest BCUT2D eigenvalue weighted by molar-refractivity contribution is 0.297. The molecule has 0 radical (unpaired) electrons. The van der Waals surface area contributed by atoms with E-state index in [4.69, 9.17) is 0 Å².